The van der Waals surface area contributed by atoms with Gasteiger partial charge in [0.2, 0.25) is 11.8 Å². The van der Waals surface area contributed by atoms with Crippen molar-refractivity contribution in [1.29, 1.82) is 0 Å². The molecule has 17 heavy (non-hydrogen) atoms. The normalized spacial score (nSPS) is 30.1. The summed E-state index contributed by atoms with van der Waals surface area (Å²) in [5.41, 5.74) is -0.658. The van der Waals surface area contributed by atoms with Gasteiger partial charge >= 0.3 is 0 Å². The minimum absolute atomic E-state index is 0.0433. The van der Waals surface area contributed by atoms with E-state index in [1.165, 1.54) is 0 Å². The van der Waals surface area contributed by atoms with E-state index in [0.29, 0.717) is 13.2 Å². The molecule has 2 N–H and O–H groups in total. The van der Waals surface area contributed by atoms with Gasteiger partial charge in [0.15, 0.2) is 0 Å². The van der Waals surface area contributed by atoms with E-state index in [-0.39, 0.29) is 24.5 Å². The van der Waals surface area contributed by atoms with Crippen molar-refractivity contribution in [3.63, 3.8) is 0 Å². The standard InChI is InChI=1S/C11H19N3O3/c1-11(2)10(16)13-9(15)7-14(11)6-8-5-12-3-4-17-8/h8,12H,3-7H2,1-2H3,(H,13,15,16). The predicted octanol–water partition coefficient (Wildman–Crippen LogP) is -1.29. The number of carbonyl (C=O) groups excluding carboxylic acids is 2. The highest BCUT2D eigenvalue weighted by Gasteiger charge is 2.41. The number of nitrogens with zero attached hydrogens (tertiary/aromatic N) is 1. The van der Waals surface area contributed by atoms with Gasteiger partial charge in [-0.25, -0.2) is 0 Å². The summed E-state index contributed by atoms with van der Waals surface area (Å²) in [5, 5.41) is 5.60. The summed E-state index contributed by atoms with van der Waals surface area (Å²) in [6.07, 6.45) is 0.0433. The number of hydrogen-bond acceptors (Lipinski definition) is 5. The fraction of sp³-hybridized carbons (Fsp3) is 0.818. The number of imide groups is 1. The van der Waals surface area contributed by atoms with Crippen molar-refractivity contribution < 1.29 is 14.3 Å². The minimum Gasteiger partial charge on any atom is -0.374 e. The Balaban J connectivity index is 2.01. The molecule has 1 atom stereocenters. The lowest BCUT2D eigenvalue weighted by atomic mass is 9.98. The SMILES string of the molecule is CC1(C)C(=O)NC(=O)CN1CC1CNCCO1. The van der Waals surface area contributed by atoms with E-state index < -0.39 is 5.54 Å². The summed E-state index contributed by atoms with van der Waals surface area (Å²) in [5.74, 6) is -0.476. The Morgan fingerprint density at radius 3 is 2.88 bits per heavy atom. The van der Waals surface area contributed by atoms with Crippen LogP contribution in [-0.4, -0.2) is 61.1 Å². The van der Waals surface area contributed by atoms with Crippen LogP contribution in [0.4, 0.5) is 0 Å². The van der Waals surface area contributed by atoms with Gasteiger partial charge in [0, 0.05) is 19.6 Å². The van der Waals surface area contributed by atoms with Gasteiger partial charge in [-0.3, -0.25) is 19.8 Å². The maximum absolute atomic E-state index is 11.7. The third-order valence-electron chi connectivity index (χ3n) is 3.36. The van der Waals surface area contributed by atoms with Crippen LogP contribution in [0.3, 0.4) is 0 Å². The van der Waals surface area contributed by atoms with Crippen LogP contribution in [0.1, 0.15) is 13.8 Å². The molecule has 2 amide bonds. The molecule has 2 heterocycles. The van der Waals surface area contributed by atoms with Gasteiger partial charge in [0.05, 0.1) is 24.8 Å². The first-order valence-corrected chi connectivity index (χ1v) is 5.92. The van der Waals surface area contributed by atoms with Gasteiger partial charge in [-0.15, -0.1) is 0 Å². The molecule has 1 unspecified atom stereocenters. The van der Waals surface area contributed by atoms with Gasteiger partial charge in [0.1, 0.15) is 0 Å². The second-order valence-corrected chi connectivity index (χ2v) is 5.01. The summed E-state index contributed by atoms with van der Waals surface area (Å²) >= 11 is 0. The van der Waals surface area contributed by atoms with Crippen LogP contribution in [0, 0.1) is 0 Å². The highest BCUT2D eigenvalue weighted by molar-refractivity contribution is 6.02. The molecule has 0 spiro atoms. The number of nitrogens with one attached hydrogen (secondary N) is 2. The number of rotatable bonds is 2. The Kier molecular flexibility index (Phi) is 3.46. The molecule has 6 heteroatoms. The van der Waals surface area contributed by atoms with Crippen molar-refractivity contribution in [2.75, 3.05) is 32.8 Å². The van der Waals surface area contributed by atoms with Crippen molar-refractivity contribution in [1.82, 2.24) is 15.5 Å². The molecule has 0 radical (unpaired) electrons. The number of hydrogen-bond donors (Lipinski definition) is 2. The zero-order chi connectivity index (χ0) is 12.5. The Hall–Kier alpha value is -0.980. The quantitative estimate of drug-likeness (QED) is 0.589. The molecule has 0 bridgehead atoms. The summed E-state index contributed by atoms with van der Waals surface area (Å²) in [6, 6.07) is 0. The highest BCUT2D eigenvalue weighted by Crippen LogP contribution is 2.19. The molecule has 0 saturated carbocycles. The van der Waals surface area contributed by atoms with E-state index in [4.69, 9.17) is 4.74 Å². The average molecular weight is 241 g/mol. The average Bonchev–Trinajstić information content (AvgIpc) is 2.27. The lowest BCUT2D eigenvalue weighted by Crippen LogP contribution is -2.65. The Labute approximate surface area is 101 Å². The molecule has 2 aliphatic heterocycles. The largest absolute Gasteiger partial charge is 0.374 e. The minimum atomic E-state index is -0.658. The van der Waals surface area contributed by atoms with Gasteiger partial charge in [-0.1, -0.05) is 0 Å². The smallest absolute Gasteiger partial charge is 0.246 e. The van der Waals surface area contributed by atoms with Crippen molar-refractivity contribution in [3.8, 4) is 0 Å². The van der Waals surface area contributed by atoms with Crippen LogP contribution in [-0.2, 0) is 14.3 Å². The molecule has 0 aromatic carbocycles. The molecule has 96 valence electrons. The zero-order valence-corrected chi connectivity index (χ0v) is 10.3. The number of piperazine rings is 1. The molecule has 0 aromatic heterocycles. The topological polar surface area (TPSA) is 70.7 Å². The summed E-state index contributed by atoms with van der Waals surface area (Å²) in [4.78, 5) is 25.0. The van der Waals surface area contributed by atoms with Gasteiger partial charge in [-0.05, 0) is 13.8 Å². The molecular weight excluding hydrogens is 222 g/mol. The van der Waals surface area contributed by atoms with Crippen LogP contribution in [0.5, 0.6) is 0 Å². The monoisotopic (exact) mass is 241 g/mol. The second kappa shape index (κ2) is 4.72. The maximum Gasteiger partial charge on any atom is 0.246 e. The first-order valence-electron chi connectivity index (χ1n) is 5.92. The van der Waals surface area contributed by atoms with Crippen molar-refractivity contribution >= 4 is 11.8 Å². The molecule has 2 saturated heterocycles. The Morgan fingerprint density at radius 2 is 2.24 bits per heavy atom. The van der Waals surface area contributed by atoms with Gasteiger partial charge < -0.3 is 10.1 Å². The number of amides is 2. The molecule has 0 aromatic rings. The lowest BCUT2D eigenvalue weighted by molar-refractivity contribution is -0.147. The highest BCUT2D eigenvalue weighted by atomic mass is 16.5. The molecular formula is C11H19N3O3. The first-order chi connectivity index (χ1) is 8.00. The van der Waals surface area contributed by atoms with Gasteiger partial charge in [0.25, 0.3) is 0 Å². The van der Waals surface area contributed by atoms with Gasteiger partial charge in [-0.2, -0.15) is 0 Å². The van der Waals surface area contributed by atoms with E-state index in [9.17, 15) is 9.59 Å². The van der Waals surface area contributed by atoms with Crippen molar-refractivity contribution in [2.45, 2.75) is 25.5 Å². The van der Waals surface area contributed by atoms with Crippen molar-refractivity contribution in [2.24, 2.45) is 0 Å². The predicted molar refractivity (Wildman–Crippen MR) is 61.4 cm³/mol. The number of carbonyl (C=O) groups is 2. The third kappa shape index (κ3) is 2.65. The van der Waals surface area contributed by atoms with Crippen molar-refractivity contribution in [3.05, 3.63) is 0 Å². The molecule has 2 fully saturated rings. The summed E-state index contributed by atoms with van der Waals surface area (Å²) in [7, 11) is 0. The number of ether oxygens (including phenoxy) is 1. The van der Waals surface area contributed by atoms with Crippen LogP contribution in [0.2, 0.25) is 0 Å². The fourth-order valence-corrected chi connectivity index (χ4v) is 2.11. The van der Waals surface area contributed by atoms with Crippen LogP contribution in [0.15, 0.2) is 0 Å². The van der Waals surface area contributed by atoms with E-state index in [2.05, 4.69) is 10.6 Å². The maximum atomic E-state index is 11.7. The fourth-order valence-electron chi connectivity index (χ4n) is 2.11. The third-order valence-corrected chi connectivity index (χ3v) is 3.36. The zero-order valence-electron chi connectivity index (χ0n) is 10.3. The lowest BCUT2D eigenvalue weighted by Gasteiger charge is -2.42. The van der Waals surface area contributed by atoms with Crippen LogP contribution >= 0.6 is 0 Å². The number of morpholine rings is 1. The molecule has 2 aliphatic rings. The van der Waals surface area contributed by atoms with E-state index in [0.717, 1.165) is 13.1 Å². The molecule has 6 nitrogen and oxygen atoms in total. The molecule has 2 rings (SSSR count). The summed E-state index contributed by atoms with van der Waals surface area (Å²) in [6.45, 7) is 6.80. The second-order valence-electron chi connectivity index (χ2n) is 5.01. The van der Waals surface area contributed by atoms with E-state index >= 15 is 0 Å². The van der Waals surface area contributed by atoms with E-state index in [1.54, 1.807) is 0 Å². The van der Waals surface area contributed by atoms with Crippen LogP contribution < -0.4 is 10.6 Å². The Morgan fingerprint density at radius 1 is 1.47 bits per heavy atom. The first kappa shape index (κ1) is 12.5. The van der Waals surface area contributed by atoms with Crippen LogP contribution in [0.25, 0.3) is 0 Å². The summed E-state index contributed by atoms with van der Waals surface area (Å²) < 4.78 is 5.60. The molecule has 0 aliphatic carbocycles. The van der Waals surface area contributed by atoms with E-state index in [1.807, 2.05) is 18.7 Å². The Bertz CT molecular complexity index is 324.